The lowest BCUT2D eigenvalue weighted by Crippen LogP contribution is -3.00. The summed E-state index contributed by atoms with van der Waals surface area (Å²) in [5.41, 5.74) is 1.77. The van der Waals surface area contributed by atoms with Crippen molar-refractivity contribution in [1.82, 2.24) is 0 Å². The van der Waals surface area contributed by atoms with Gasteiger partial charge in [-0.15, -0.1) is 0 Å². The van der Waals surface area contributed by atoms with Gasteiger partial charge in [0.15, 0.2) is 9.84 Å². The first-order chi connectivity index (χ1) is 15.7. The Balaban J connectivity index is 0.00000408. The van der Waals surface area contributed by atoms with Gasteiger partial charge in [0, 0.05) is 31.1 Å². The van der Waals surface area contributed by atoms with Gasteiger partial charge in [-0.05, 0) is 60.7 Å². The van der Waals surface area contributed by atoms with E-state index in [1.807, 2.05) is 62.3 Å². The van der Waals surface area contributed by atoms with Crippen LogP contribution in [0.3, 0.4) is 0 Å². The number of aliphatic hydroxyl groups excluding tert-OH is 1. The van der Waals surface area contributed by atoms with Gasteiger partial charge in [-0.2, -0.15) is 0 Å². The second kappa shape index (κ2) is 11.8. The van der Waals surface area contributed by atoms with E-state index in [2.05, 4.69) is 13.8 Å². The van der Waals surface area contributed by atoms with Crippen LogP contribution < -0.4 is 22.0 Å². The Morgan fingerprint density at radius 2 is 1.82 bits per heavy atom. The van der Waals surface area contributed by atoms with Crippen LogP contribution in [0.15, 0.2) is 47.4 Å². The first kappa shape index (κ1) is 28.5. The highest BCUT2D eigenvalue weighted by Crippen LogP contribution is 2.49. The van der Waals surface area contributed by atoms with E-state index in [-0.39, 0.29) is 18.2 Å². The molecule has 0 unspecified atom stereocenters. The number of fused-ring (bicyclic) bond motifs is 1. The molecule has 0 radical (unpaired) electrons. The van der Waals surface area contributed by atoms with E-state index in [0.29, 0.717) is 29.9 Å². The third-order valence-corrected chi connectivity index (χ3v) is 9.02. The van der Waals surface area contributed by atoms with Gasteiger partial charge in [-0.25, -0.2) is 8.42 Å². The lowest BCUT2D eigenvalue weighted by atomic mass is 9.69. The van der Waals surface area contributed by atoms with E-state index in [0.717, 1.165) is 36.3 Å². The van der Waals surface area contributed by atoms with Crippen molar-refractivity contribution in [2.45, 2.75) is 69.8 Å². The van der Waals surface area contributed by atoms with Crippen LogP contribution in [0.1, 0.15) is 69.9 Å². The van der Waals surface area contributed by atoms with Gasteiger partial charge < -0.3 is 27.2 Å². The van der Waals surface area contributed by atoms with Gasteiger partial charge in [-0.3, -0.25) is 0 Å². The predicted octanol–water partition coefficient (Wildman–Crippen LogP) is 2.41. The quantitative estimate of drug-likeness (QED) is 0.563. The molecule has 1 heterocycles. The molecule has 0 spiro atoms. The molecule has 0 fully saturated rings. The molecule has 1 aliphatic heterocycles. The molecule has 3 rings (SSSR count). The Labute approximate surface area is 211 Å². The average Bonchev–Trinajstić information content (AvgIpc) is 2.87. The molecule has 2 aromatic rings. The fraction of sp³-hybridized carbons (Fsp3) is 0.556. The predicted molar refractivity (Wildman–Crippen MR) is 135 cm³/mol. The maximum absolute atomic E-state index is 13.7. The molecule has 0 bridgehead atoms. The molecule has 7 heteroatoms. The van der Waals surface area contributed by atoms with E-state index in [1.54, 1.807) is 6.07 Å². The van der Waals surface area contributed by atoms with Crippen molar-refractivity contribution in [2.24, 2.45) is 5.41 Å². The molecule has 5 nitrogen and oxygen atoms in total. The van der Waals surface area contributed by atoms with E-state index < -0.39 is 27.3 Å². The van der Waals surface area contributed by atoms with Gasteiger partial charge in [-0.1, -0.05) is 45.7 Å². The second-order valence-corrected chi connectivity index (χ2v) is 11.5. The zero-order valence-electron chi connectivity index (χ0n) is 21.1. The molecular formula is C27H39ClNO4S-. The number of benzene rings is 2. The number of sulfone groups is 1. The molecule has 1 aliphatic rings. The molecule has 2 aromatic carbocycles. The molecule has 0 aliphatic carbocycles. The zero-order chi connectivity index (χ0) is 24.2. The fourth-order valence-electron chi connectivity index (χ4n) is 5.02. The molecule has 0 amide bonds. The number of rotatable bonds is 9. The molecule has 3 atom stereocenters. The average molecular weight is 509 g/mol. The van der Waals surface area contributed by atoms with Crippen molar-refractivity contribution in [3.63, 3.8) is 0 Å². The van der Waals surface area contributed by atoms with E-state index >= 15 is 0 Å². The minimum absolute atomic E-state index is 0. The Hall–Kier alpha value is -1.76. The van der Waals surface area contributed by atoms with E-state index in [1.165, 1.54) is 0 Å². The summed E-state index contributed by atoms with van der Waals surface area (Å²) in [6.07, 6.45) is 3.19. The number of hydrogen-bond acceptors (Lipinski definition) is 5. The van der Waals surface area contributed by atoms with Crippen LogP contribution in [0.4, 0.5) is 5.69 Å². The summed E-state index contributed by atoms with van der Waals surface area (Å²) in [4.78, 5) is 2.30. The Kier molecular flexibility index (Phi) is 9.87. The van der Waals surface area contributed by atoms with Gasteiger partial charge >= 0.3 is 0 Å². The Morgan fingerprint density at radius 3 is 2.44 bits per heavy atom. The van der Waals surface area contributed by atoms with Gasteiger partial charge in [0.25, 0.3) is 0 Å². The lowest BCUT2D eigenvalue weighted by Gasteiger charge is -2.39. The highest BCUT2D eigenvalue weighted by molar-refractivity contribution is 7.91. The van der Waals surface area contributed by atoms with Crippen molar-refractivity contribution in [3.05, 3.63) is 53.6 Å². The number of nitrogens with zero attached hydrogens (tertiary/aromatic N) is 1. The van der Waals surface area contributed by atoms with Crippen molar-refractivity contribution in [2.75, 3.05) is 31.4 Å². The number of anilines is 1. The summed E-state index contributed by atoms with van der Waals surface area (Å²) in [5.74, 6) is 0.253. The summed E-state index contributed by atoms with van der Waals surface area (Å²) in [5, 5.41) is 12.0. The van der Waals surface area contributed by atoms with Crippen molar-refractivity contribution < 1.29 is 30.7 Å². The molecule has 190 valence electrons. The SMILES string of the molecule is CCCC[C@]1(CC)CS(=O)(=O)c2ccc(N(C)C)cc2[C@@H](c2cccc(OCCC)c2)[C@H]1O.[Cl-]. The fourth-order valence-corrected chi connectivity index (χ4v) is 7.27. The molecule has 34 heavy (non-hydrogen) atoms. The van der Waals surface area contributed by atoms with Crippen LogP contribution >= 0.6 is 0 Å². The topological polar surface area (TPSA) is 66.8 Å². The highest BCUT2D eigenvalue weighted by Gasteiger charge is 2.49. The standard InChI is InChI=1S/C27H39NO4S.ClH/c1-6-9-15-27(8-3)19-33(30,31)24-14-13-21(28(4)5)18-23(24)25(26(27)29)20-11-10-12-22(17-20)32-16-7-2;/h10-14,17-18,25-26,29H,6-9,15-16,19H2,1-5H3;1H/p-1/t25-,26-,27-;/m1./s1. The van der Waals surface area contributed by atoms with Gasteiger partial charge in [0.05, 0.1) is 23.4 Å². The molecule has 0 saturated heterocycles. The zero-order valence-corrected chi connectivity index (χ0v) is 22.6. The van der Waals surface area contributed by atoms with Crippen LogP contribution in [-0.2, 0) is 9.84 Å². The smallest absolute Gasteiger partial charge is 0.179 e. The Morgan fingerprint density at radius 1 is 1.09 bits per heavy atom. The largest absolute Gasteiger partial charge is 1.00 e. The van der Waals surface area contributed by atoms with Crippen molar-refractivity contribution in [3.8, 4) is 5.75 Å². The van der Waals surface area contributed by atoms with Crippen LogP contribution in [0.5, 0.6) is 5.75 Å². The first-order valence-electron chi connectivity index (χ1n) is 12.1. The number of aliphatic hydroxyl groups is 1. The molecule has 1 N–H and O–H groups in total. The summed E-state index contributed by atoms with van der Waals surface area (Å²) in [7, 11) is 0.300. The summed E-state index contributed by atoms with van der Waals surface area (Å²) in [6.45, 7) is 6.78. The summed E-state index contributed by atoms with van der Waals surface area (Å²) < 4.78 is 33.3. The summed E-state index contributed by atoms with van der Waals surface area (Å²) in [6, 6.07) is 13.3. The lowest BCUT2D eigenvalue weighted by molar-refractivity contribution is -0.0000141. The van der Waals surface area contributed by atoms with Crippen molar-refractivity contribution in [1.29, 1.82) is 0 Å². The molecular weight excluding hydrogens is 470 g/mol. The third kappa shape index (κ3) is 5.72. The molecule has 0 aromatic heterocycles. The van der Waals surface area contributed by atoms with Crippen LogP contribution in [0, 0.1) is 5.41 Å². The van der Waals surface area contributed by atoms with E-state index in [4.69, 9.17) is 4.74 Å². The maximum atomic E-state index is 13.7. The highest BCUT2D eigenvalue weighted by atomic mass is 35.5. The van der Waals surface area contributed by atoms with Gasteiger partial charge in [0.1, 0.15) is 5.75 Å². The van der Waals surface area contributed by atoms with Crippen LogP contribution in [0.2, 0.25) is 0 Å². The number of halogens is 1. The monoisotopic (exact) mass is 508 g/mol. The normalized spacial score (nSPS) is 23.4. The third-order valence-electron chi connectivity index (χ3n) is 7.02. The maximum Gasteiger partial charge on any atom is 0.179 e. The van der Waals surface area contributed by atoms with Crippen molar-refractivity contribution >= 4 is 15.5 Å². The van der Waals surface area contributed by atoms with E-state index in [9.17, 15) is 13.5 Å². The summed E-state index contributed by atoms with van der Waals surface area (Å²) >= 11 is 0. The minimum atomic E-state index is -3.58. The van der Waals surface area contributed by atoms with Gasteiger partial charge in [0.2, 0.25) is 0 Å². The number of ether oxygens (including phenoxy) is 1. The number of hydrogen-bond donors (Lipinski definition) is 1. The molecule has 0 saturated carbocycles. The minimum Gasteiger partial charge on any atom is -1.00 e. The second-order valence-electron chi connectivity index (χ2n) is 9.54. The Bertz CT molecular complexity index is 1060. The van der Waals surface area contributed by atoms with Crippen LogP contribution in [0.25, 0.3) is 0 Å². The first-order valence-corrected chi connectivity index (χ1v) is 13.8. The van der Waals surface area contributed by atoms with Crippen LogP contribution in [-0.4, -0.2) is 46.1 Å². The number of unbranched alkanes of at least 4 members (excludes halogenated alkanes) is 1.